The van der Waals surface area contributed by atoms with Gasteiger partial charge in [-0.1, -0.05) is 45.0 Å². The van der Waals surface area contributed by atoms with Gasteiger partial charge in [0.2, 0.25) is 0 Å². The van der Waals surface area contributed by atoms with Crippen LogP contribution in [0.2, 0.25) is 0 Å². The second kappa shape index (κ2) is 5.70. The van der Waals surface area contributed by atoms with Crippen LogP contribution in [0.25, 0.3) is 0 Å². The van der Waals surface area contributed by atoms with Gasteiger partial charge >= 0.3 is 0 Å². The van der Waals surface area contributed by atoms with E-state index in [2.05, 4.69) is 32.9 Å². The van der Waals surface area contributed by atoms with Crippen molar-refractivity contribution < 1.29 is 4.79 Å². The first-order valence-electron chi connectivity index (χ1n) is 6.32. The fourth-order valence-electron chi connectivity index (χ4n) is 1.96. The third-order valence-electron chi connectivity index (χ3n) is 3.14. The van der Waals surface area contributed by atoms with E-state index in [9.17, 15) is 4.79 Å². The molecular formula is C15H20OS2. The number of rotatable bonds is 2. The first kappa shape index (κ1) is 14.0. The van der Waals surface area contributed by atoms with E-state index in [1.54, 1.807) is 11.8 Å². The third kappa shape index (κ3) is 3.33. The fraction of sp³-hybridized carbons (Fsp3) is 0.533. The second-order valence-electron chi connectivity index (χ2n) is 5.63. The predicted molar refractivity (Wildman–Crippen MR) is 83.0 cm³/mol. The summed E-state index contributed by atoms with van der Waals surface area (Å²) in [7, 11) is 0. The molecule has 1 atom stereocenters. The van der Waals surface area contributed by atoms with E-state index in [0.717, 1.165) is 17.1 Å². The Hall–Kier alpha value is -0.410. The van der Waals surface area contributed by atoms with Crippen molar-refractivity contribution in [1.82, 2.24) is 0 Å². The molecule has 1 aliphatic heterocycles. The molecule has 0 aliphatic carbocycles. The van der Waals surface area contributed by atoms with Crippen LogP contribution in [-0.2, 0) is 5.41 Å². The Morgan fingerprint density at radius 1 is 1.17 bits per heavy atom. The molecule has 0 radical (unpaired) electrons. The molecule has 1 saturated heterocycles. The highest BCUT2D eigenvalue weighted by Gasteiger charge is 2.23. The molecule has 1 aromatic carbocycles. The zero-order valence-electron chi connectivity index (χ0n) is 11.2. The van der Waals surface area contributed by atoms with Crippen LogP contribution in [0.4, 0.5) is 0 Å². The molecule has 0 amide bonds. The summed E-state index contributed by atoms with van der Waals surface area (Å²) >= 11 is 3.70. The SMILES string of the molecule is CC(C)(C)c1ccc(C(=O)C2CSCCS2)cc1. The van der Waals surface area contributed by atoms with Crippen molar-refractivity contribution in [3.05, 3.63) is 35.4 Å². The molecule has 3 heteroatoms. The fourth-order valence-corrected chi connectivity index (χ4v) is 4.59. The number of ketones is 1. The Morgan fingerprint density at radius 3 is 2.33 bits per heavy atom. The van der Waals surface area contributed by atoms with Crippen molar-refractivity contribution in [3.63, 3.8) is 0 Å². The molecule has 1 aromatic rings. The molecule has 0 aromatic heterocycles. The number of benzene rings is 1. The zero-order chi connectivity index (χ0) is 13.2. The van der Waals surface area contributed by atoms with Gasteiger partial charge < -0.3 is 0 Å². The first-order chi connectivity index (χ1) is 8.48. The Balaban J connectivity index is 2.11. The molecule has 18 heavy (non-hydrogen) atoms. The van der Waals surface area contributed by atoms with Crippen molar-refractivity contribution in [2.75, 3.05) is 17.3 Å². The third-order valence-corrected chi connectivity index (χ3v) is 5.90. The second-order valence-corrected chi connectivity index (χ2v) is 8.09. The number of carbonyl (C=O) groups is 1. The molecule has 0 bridgehead atoms. The summed E-state index contributed by atoms with van der Waals surface area (Å²) in [5.41, 5.74) is 2.30. The van der Waals surface area contributed by atoms with E-state index in [-0.39, 0.29) is 10.7 Å². The maximum Gasteiger partial charge on any atom is 0.176 e. The van der Waals surface area contributed by atoms with Crippen LogP contribution in [0.3, 0.4) is 0 Å². The zero-order valence-corrected chi connectivity index (χ0v) is 12.9. The summed E-state index contributed by atoms with van der Waals surface area (Å²) in [4.78, 5) is 12.3. The monoisotopic (exact) mass is 280 g/mol. The normalized spacial score (nSPS) is 20.7. The number of Topliss-reactive ketones (excluding diaryl/α,β-unsaturated/α-hetero) is 1. The van der Waals surface area contributed by atoms with Gasteiger partial charge in [-0.25, -0.2) is 0 Å². The molecule has 0 N–H and O–H groups in total. The highest BCUT2D eigenvalue weighted by molar-refractivity contribution is 8.07. The summed E-state index contributed by atoms with van der Waals surface area (Å²) in [5, 5.41) is 0.157. The minimum absolute atomic E-state index is 0.150. The van der Waals surface area contributed by atoms with Crippen LogP contribution in [0.1, 0.15) is 36.7 Å². The maximum atomic E-state index is 12.3. The molecular weight excluding hydrogens is 260 g/mol. The van der Waals surface area contributed by atoms with Crippen LogP contribution in [0, 0.1) is 0 Å². The average Bonchev–Trinajstić information content (AvgIpc) is 2.38. The first-order valence-corrected chi connectivity index (χ1v) is 8.53. The molecule has 1 heterocycles. The summed E-state index contributed by atoms with van der Waals surface area (Å²) < 4.78 is 0. The van der Waals surface area contributed by atoms with Crippen LogP contribution < -0.4 is 0 Å². The van der Waals surface area contributed by atoms with Gasteiger partial charge in [-0.15, -0.1) is 11.8 Å². The molecule has 0 spiro atoms. The lowest BCUT2D eigenvalue weighted by molar-refractivity contribution is 0.0995. The summed E-state index contributed by atoms with van der Waals surface area (Å²) in [6, 6.07) is 8.16. The van der Waals surface area contributed by atoms with E-state index in [0.29, 0.717) is 5.78 Å². The number of hydrogen-bond donors (Lipinski definition) is 0. The van der Waals surface area contributed by atoms with Crippen molar-refractivity contribution in [3.8, 4) is 0 Å². The van der Waals surface area contributed by atoms with Crippen molar-refractivity contribution in [1.29, 1.82) is 0 Å². The molecule has 0 saturated carbocycles. The van der Waals surface area contributed by atoms with E-state index in [1.807, 2.05) is 23.9 Å². The number of carbonyl (C=O) groups excluding carboxylic acids is 1. The summed E-state index contributed by atoms with van der Waals surface area (Å²) in [5.74, 6) is 3.54. The Bertz CT molecular complexity index is 411. The van der Waals surface area contributed by atoms with Gasteiger partial charge in [-0.05, 0) is 11.0 Å². The molecule has 1 nitrogen and oxygen atoms in total. The van der Waals surface area contributed by atoms with E-state index in [4.69, 9.17) is 0 Å². The summed E-state index contributed by atoms with van der Waals surface area (Å²) in [6.07, 6.45) is 0. The quantitative estimate of drug-likeness (QED) is 0.762. The van der Waals surface area contributed by atoms with Gasteiger partial charge in [0.05, 0.1) is 5.25 Å². The highest BCUT2D eigenvalue weighted by Crippen LogP contribution is 2.28. The minimum Gasteiger partial charge on any atom is -0.293 e. The van der Waals surface area contributed by atoms with Crippen molar-refractivity contribution in [2.24, 2.45) is 0 Å². The van der Waals surface area contributed by atoms with Crippen molar-refractivity contribution >= 4 is 29.3 Å². The van der Waals surface area contributed by atoms with Gasteiger partial charge in [-0.3, -0.25) is 4.79 Å². The molecule has 98 valence electrons. The van der Waals surface area contributed by atoms with Gasteiger partial charge in [0.15, 0.2) is 5.78 Å². The Kier molecular flexibility index (Phi) is 4.44. The minimum atomic E-state index is 0.150. The smallest absolute Gasteiger partial charge is 0.176 e. The predicted octanol–water partition coefficient (Wildman–Crippen LogP) is 4.02. The molecule has 1 aliphatic rings. The Labute approximate surface area is 118 Å². The average molecular weight is 280 g/mol. The lowest BCUT2D eigenvalue weighted by Gasteiger charge is -2.21. The van der Waals surface area contributed by atoms with E-state index in [1.165, 1.54) is 11.3 Å². The maximum absolute atomic E-state index is 12.3. The van der Waals surface area contributed by atoms with Gasteiger partial charge in [0, 0.05) is 22.8 Å². The van der Waals surface area contributed by atoms with Crippen LogP contribution in [0.5, 0.6) is 0 Å². The standard InChI is InChI=1S/C15H20OS2/c1-15(2,3)12-6-4-11(5-7-12)14(16)13-10-17-8-9-18-13/h4-7,13H,8-10H2,1-3H3. The molecule has 1 unspecified atom stereocenters. The summed E-state index contributed by atoms with van der Waals surface area (Å²) in [6.45, 7) is 6.58. The number of hydrogen-bond acceptors (Lipinski definition) is 3. The van der Waals surface area contributed by atoms with Gasteiger partial charge in [-0.2, -0.15) is 11.8 Å². The lowest BCUT2D eigenvalue weighted by Crippen LogP contribution is -2.24. The van der Waals surface area contributed by atoms with E-state index < -0.39 is 0 Å². The molecule has 2 rings (SSSR count). The highest BCUT2D eigenvalue weighted by atomic mass is 32.2. The molecule has 1 fully saturated rings. The van der Waals surface area contributed by atoms with Crippen LogP contribution >= 0.6 is 23.5 Å². The van der Waals surface area contributed by atoms with Crippen LogP contribution in [-0.4, -0.2) is 28.3 Å². The lowest BCUT2D eigenvalue weighted by atomic mass is 9.86. The number of thioether (sulfide) groups is 2. The topological polar surface area (TPSA) is 17.1 Å². The largest absolute Gasteiger partial charge is 0.293 e. The Morgan fingerprint density at radius 2 is 1.83 bits per heavy atom. The van der Waals surface area contributed by atoms with Gasteiger partial charge in [0.25, 0.3) is 0 Å². The van der Waals surface area contributed by atoms with E-state index >= 15 is 0 Å². The van der Waals surface area contributed by atoms with Crippen LogP contribution in [0.15, 0.2) is 24.3 Å². The van der Waals surface area contributed by atoms with Gasteiger partial charge in [0.1, 0.15) is 0 Å². The van der Waals surface area contributed by atoms with Crippen molar-refractivity contribution in [2.45, 2.75) is 31.4 Å².